The van der Waals surface area contributed by atoms with Crippen molar-refractivity contribution >= 4 is 11.3 Å². The molecule has 7 heteroatoms. The quantitative estimate of drug-likeness (QED) is 0.611. The smallest absolute Gasteiger partial charge is 0.169 e. The summed E-state index contributed by atoms with van der Waals surface area (Å²) in [5.74, 6) is 2.19. The maximum atomic E-state index is 5.63. The monoisotopic (exact) mass is 373 g/mol. The summed E-state index contributed by atoms with van der Waals surface area (Å²) in [6, 6.07) is 8.29. The Balaban J connectivity index is 1.98. The van der Waals surface area contributed by atoms with Crippen LogP contribution in [0.15, 0.2) is 40.3 Å². The summed E-state index contributed by atoms with van der Waals surface area (Å²) in [5, 5.41) is 14.8. The summed E-state index contributed by atoms with van der Waals surface area (Å²) < 4.78 is 7.58. The summed E-state index contributed by atoms with van der Waals surface area (Å²) >= 11 is 1.77. The first-order valence-corrected chi connectivity index (χ1v) is 9.82. The standard InChI is InChI=1S/C19H27N5OS/c1-14(2)17(18-20-21-22-24(18)19(3,4)5)23(12-15-8-6-10-25-15)13-16-9-7-11-26-16/h6-11,14,17H,12-13H2,1-5H3/t17-/m0/s1. The van der Waals surface area contributed by atoms with Crippen molar-refractivity contribution in [1.82, 2.24) is 25.1 Å². The van der Waals surface area contributed by atoms with E-state index in [1.807, 2.05) is 16.8 Å². The number of thiophene rings is 1. The lowest BCUT2D eigenvalue weighted by Gasteiger charge is -2.34. The highest BCUT2D eigenvalue weighted by molar-refractivity contribution is 7.09. The van der Waals surface area contributed by atoms with Crippen LogP contribution in [-0.4, -0.2) is 25.1 Å². The van der Waals surface area contributed by atoms with E-state index in [2.05, 4.69) is 72.6 Å². The van der Waals surface area contributed by atoms with E-state index in [4.69, 9.17) is 4.42 Å². The van der Waals surface area contributed by atoms with E-state index in [0.29, 0.717) is 12.5 Å². The highest BCUT2D eigenvalue weighted by atomic mass is 32.1. The van der Waals surface area contributed by atoms with Gasteiger partial charge in [-0.15, -0.1) is 16.4 Å². The Labute approximate surface area is 158 Å². The van der Waals surface area contributed by atoms with Crippen LogP contribution >= 0.6 is 11.3 Å². The fourth-order valence-corrected chi connectivity index (χ4v) is 3.93. The number of hydrogen-bond acceptors (Lipinski definition) is 6. The summed E-state index contributed by atoms with van der Waals surface area (Å²) in [5.41, 5.74) is -0.175. The highest BCUT2D eigenvalue weighted by Gasteiger charge is 2.32. The van der Waals surface area contributed by atoms with E-state index in [1.54, 1.807) is 17.6 Å². The Bertz CT molecular complexity index is 750. The minimum atomic E-state index is -0.175. The number of aromatic nitrogens is 4. The molecule has 0 fully saturated rings. The predicted octanol–water partition coefficient (Wildman–Crippen LogP) is 4.48. The van der Waals surface area contributed by atoms with Crippen molar-refractivity contribution in [2.24, 2.45) is 5.92 Å². The van der Waals surface area contributed by atoms with E-state index in [0.717, 1.165) is 18.1 Å². The molecule has 0 aromatic carbocycles. The zero-order valence-corrected chi connectivity index (χ0v) is 16.9. The van der Waals surface area contributed by atoms with Crippen molar-refractivity contribution in [3.05, 3.63) is 52.4 Å². The molecular formula is C19H27N5OS. The molecule has 0 aliphatic carbocycles. The molecule has 0 saturated heterocycles. The Morgan fingerprint density at radius 1 is 1.19 bits per heavy atom. The number of hydrogen-bond donors (Lipinski definition) is 0. The van der Waals surface area contributed by atoms with Crippen LogP contribution < -0.4 is 0 Å². The molecule has 0 saturated carbocycles. The molecule has 0 bridgehead atoms. The van der Waals surface area contributed by atoms with Crippen molar-refractivity contribution < 1.29 is 4.42 Å². The Morgan fingerprint density at radius 3 is 2.58 bits per heavy atom. The lowest BCUT2D eigenvalue weighted by Crippen LogP contribution is -2.36. The van der Waals surface area contributed by atoms with Crippen LogP contribution in [0.3, 0.4) is 0 Å². The van der Waals surface area contributed by atoms with E-state index in [-0.39, 0.29) is 11.6 Å². The Hall–Kier alpha value is -1.99. The van der Waals surface area contributed by atoms with Gasteiger partial charge in [-0.05, 0) is 60.7 Å². The fourth-order valence-electron chi connectivity index (χ4n) is 3.20. The second-order valence-electron chi connectivity index (χ2n) is 7.87. The van der Waals surface area contributed by atoms with Crippen molar-refractivity contribution in [2.45, 2.75) is 59.3 Å². The first-order chi connectivity index (χ1) is 12.4. The van der Waals surface area contributed by atoms with Crippen molar-refractivity contribution in [1.29, 1.82) is 0 Å². The summed E-state index contributed by atoms with van der Waals surface area (Å²) in [4.78, 5) is 3.72. The molecule has 0 radical (unpaired) electrons. The third-order valence-corrected chi connectivity index (χ3v) is 5.16. The van der Waals surface area contributed by atoms with Gasteiger partial charge in [0.2, 0.25) is 0 Å². The van der Waals surface area contributed by atoms with Crippen molar-refractivity contribution in [2.75, 3.05) is 0 Å². The van der Waals surface area contributed by atoms with Gasteiger partial charge >= 0.3 is 0 Å². The molecule has 26 heavy (non-hydrogen) atoms. The molecule has 3 aromatic heterocycles. The SMILES string of the molecule is CC(C)[C@@H](c1nnnn1C(C)(C)C)N(Cc1ccco1)Cc1cccs1. The van der Waals surface area contributed by atoms with Gasteiger partial charge in [-0.1, -0.05) is 19.9 Å². The van der Waals surface area contributed by atoms with Crippen LogP contribution in [0.25, 0.3) is 0 Å². The van der Waals surface area contributed by atoms with E-state index in [9.17, 15) is 0 Å². The van der Waals surface area contributed by atoms with E-state index < -0.39 is 0 Å². The average Bonchev–Trinajstić information content (AvgIpc) is 3.28. The van der Waals surface area contributed by atoms with Gasteiger partial charge in [0.25, 0.3) is 0 Å². The van der Waals surface area contributed by atoms with Gasteiger partial charge < -0.3 is 4.42 Å². The fraction of sp³-hybridized carbons (Fsp3) is 0.526. The van der Waals surface area contributed by atoms with Crippen LogP contribution in [0.2, 0.25) is 0 Å². The molecule has 0 N–H and O–H groups in total. The number of rotatable bonds is 7. The molecule has 0 unspecified atom stereocenters. The van der Waals surface area contributed by atoms with Gasteiger partial charge in [0.05, 0.1) is 24.4 Å². The molecule has 3 aromatic rings. The Kier molecular flexibility index (Phi) is 5.58. The number of tetrazole rings is 1. The minimum absolute atomic E-state index is 0.0800. The summed E-state index contributed by atoms with van der Waals surface area (Å²) in [6.07, 6.45) is 1.72. The first-order valence-electron chi connectivity index (χ1n) is 8.94. The maximum Gasteiger partial charge on any atom is 0.169 e. The third-order valence-electron chi connectivity index (χ3n) is 4.30. The van der Waals surface area contributed by atoms with E-state index >= 15 is 0 Å². The molecule has 3 heterocycles. The number of nitrogens with zero attached hydrogens (tertiary/aromatic N) is 5. The zero-order valence-electron chi connectivity index (χ0n) is 16.1. The molecule has 0 amide bonds. The van der Waals surface area contributed by atoms with Gasteiger partial charge in [-0.3, -0.25) is 4.90 Å². The lowest BCUT2D eigenvalue weighted by atomic mass is 9.99. The summed E-state index contributed by atoms with van der Waals surface area (Å²) in [6.45, 7) is 12.4. The van der Waals surface area contributed by atoms with E-state index in [1.165, 1.54) is 4.88 Å². The normalized spacial score (nSPS) is 13.7. The Morgan fingerprint density at radius 2 is 2.00 bits per heavy atom. The van der Waals surface area contributed by atoms with Crippen LogP contribution in [0, 0.1) is 5.92 Å². The van der Waals surface area contributed by atoms with Gasteiger partial charge in [-0.2, -0.15) is 0 Å². The van der Waals surface area contributed by atoms with Gasteiger partial charge in [0.15, 0.2) is 5.82 Å². The first kappa shape index (κ1) is 18.8. The van der Waals surface area contributed by atoms with Gasteiger partial charge in [-0.25, -0.2) is 4.68 Å². The summed E-state index contributed by atoms with van der Waals surface area (Å²) in [7, 11) is 0. The molecule has 6 nitrogen and oxygen atoms in total. The molecular weight excluding hydrogens is 346 g/mol. The van der Waals surface area contributed by atoms with Gasteiger partial charge in [0.1, 0.15) is 5.76 Å². The lowest BCUT2D eigenvalue weighted by molar-refractivity contribution is 0.112. The molecule has 0 aliphatic heterocycles. The van der Waals surface area contributed by atoms with Crippen molar-refractivity contribution in [3.8, 4) is 0 Å². The van der Waals surface area contributed by atoms with Crippen LogP contribution in [0.4, 0.5) is 0 Å². The molecule has 0 aliphatic rings. The molecule has 3 rings (SSSR count). The third kappa shape index (κ3) is 4.22. The minimum Gasteiger partial charge on any atom is -0.468 e. The second-order valence-corrected chi connectivity index (χ2v) is 8.90. The van der Waals surface area contributed by atoms with Crippen LogP contribution in [0.5, 0.6) is 0 Å². The topological polar surface area (TPSA) is 60.0 Å². The highest BCUT2D eigenvalue weighted by Crippen LogP contribution is 2.32. The average molecular weight is 374 g/mol. The number of furan rings is 1. The largest absolute Gasteiger partial charge is 0.468 e. The molecule has 0 spiro atoms. The maximum absolute atomic E-state index is 5.63. The predicted molar refractivity (Wildman–Crippen MR) is 103 cm³/mol. The second kappa shape index (κ2) is 7.72. The zero-order chi connectivity index (χ0) is 18.7. The molecule has 140 valence electrons. The van der Waals surface area contributed by atoms with Crippen LogP contribution in [0.1, 0.15) is 57.1 Å². The molecule has 1 atom stereocenters. The van der Waals surface area contributed by atoms with Crippen LogP contribution in [-0.2, 0) is 18.6 Å². The van der Waals surface area contributed by atoms with Crippen molar-refractivity contribution in [3.63, 3.8) is 0 Å². The van der Waals surface area contributed by atoms with Gasteiger partial charge in [0, 0.05) is 11.4 Å².